The number of nitriles is 1. The third-order valence-corrected chi connectivity index (χ3v) is 5.73. The van der Waals surface area contributed by atoms with Crippen LogP contribution < -0.4 is 4.31 Å². The fourth-order valence-corrected chi connectivity index (χ4v) is 3.78. The van der Waals surface area contributed by atoms with E-state index in [1.807, 2.05) is 6.07 Å². The van der Waals surface area contributed by atoms with Crippen molar-refractivity contribution in [2.75, 3.05) is 18.0 Å². The quantitative estimate of drug-likeness (QED) is 0.667. The summed E-state index contributed by atoms with van der Waals surface area (Å²) in [5, 5.41) is 8.73. The largest absolute Gasteiger partial charge is 0.468 e. The first kappa shape index (κ1) is 19.0. The van der Waals surface area contributed by atoms with Gasteiger partial charge in [-0.25, -0.2) is 8.42 Å². The molecule has 2 aromatic rings. The molecule has 0 unspecified atom stereocenters. The predicted octanol–water partition coefficient (Wildman–Crippen LogP) is 2.88. The van der Waals surface area contributed by atoms with E-state index in [4.69, 9.17) is 5.26 Å². The van der Waals surface area contributed by atoms with Crippen LogP contribution in [-0.4, -0.2) is 28.0 Å². The zero-order valence-corrected chi connectivity index (χ0v) is 15.7. The van der Waals surface area contributed by atoms with Gasteiger partial charge in [0.25, 0.3) is 10.0 Å². The number of esters is 1. The SMILES string of the molecule is COC(=O)CN(c1ccc(CC#N)cc1)S(=O)(=O)c1ccc(Br)cc1. The van der Waals surface area contributed by atoms with Crippen molar-refractivity contribution >= 4 is 37.6 Å². The molecule has 0 spiro atoms. The molecular weight excluding hydrogens is 408 g/mol. The second-order valence-corrected chi connectivity index (χ2v) is 7.82. The topological polar surface area (TPSA) is 87.5 Å². The number of carbonyl (C=O) groups is 1. The van der Waals surface area contributed by atoms with Gasteiger partial charge in [0.1, 0.15) is 6.54 Å². The molecule has 0 N–H and O–H groups in total. The van der Waals surface area contributed by atoms with Crippen LogP contribution in [0.5, 0.6) is 0 Å². The highest BCUT2D eigenvalue weighted by molar-refractivity contribution is 9.10. The molecule has 0 atom stereocenters. The van der Waals surface area contributed by atoms with Gasteiger partial charge in [-0.1, -0.05) is 28.1 Å². The Kier molecular flexibility index (Phi) is 6.17. The van der Waals surface area contributed by atoms with Crippen molar-refractivity contribution in [3.63, 3.8) is 0 Å². The number of hydrogen-bond donors (Lipinski definition) is 0. The van der Waals surface area contributed by atoms with Crippen molar-refractivity contribution < 1.29 is 17.9 Å². The van der Waals surface area contributed by atoms with Crippen molar-refractivity contribution in [1.82, 2.24) is 0 Å². The summed E-state index contributed by atoms with van der Waals surface area (Å²) in [6.45, 7) is -0.452. The van der Waals surface area contributed by atoms with Crippen LogP contribution in [0.4, 0.5) is 5.69 Å². The molecule has 0 bridgehead atoms. The van der Waals surface area contributed by atoms with E-state index < -0.39 is 22.5 Å². The Bertz CT molecular complexity index is 888. The minimum Gasteiger partial charge on any atom is -0.468 e. The first-order valence-electron chi connectivity index (χ1n) is 7.19. The highest BCUT2D eigenvalue weighted by atomic mass is 79.9. The third kappa shape index (κ3) is 4.59. The van der Waals surface area contributed by atoms with Gasteiger partial charge in [0.2, 0.25) is 0 Å². The average molecular weight is 423 g/mol. The fourth-order valence-electron chi connectivity index (χ4n) is 2.10. The van der Waals surface area contributed by atoms with Gasteiger partial charge in [0, 0.05) is 4.47 Å². The molecule has 0 fully saturated rings. The molecule has 0 aliphatic rings. The summed E-state index contributed by atoms with van der Waals surface area (Å²) < 4.78 is 32.3. The van der Waals surface area contributed by atoms with Gasteiger partial charge >= 0.3 is 5.97 Å². The lowest BCUT2D eigenvalue weighted by Gasteiger charge is -2.23. The van der Waals surface area contributed by atoms with E-state index in [9.17, 15) is 13.2 Å². The molecule has 0 saturated heterocycles. The van der Waals surface area contributed by atoms with Gasteiger partial charge in [0.15, 0.2) is 0 Å². The summed E-state index contributed by atoms with van der Waals surface area (Å²) in [5.74, 6) is -0.679. The van der Waals surface area contributed by atoms with E-state index in [-0.39, 0.29) is 11.3 Å². The first-order valence-corrected chi connectivity index (χ1v) is 9.43. The number of hydrogen-bond acceptors (Lipinski definition) is 5. The van der Waals surface area contributed by atoms with Crippen LogP contribution in [0.25, 0.3) is 0 Å². The van der Waals surface area contributed by atoms with Gasteiger partial charge in [-0.05, 0) is 42.0 Å². The van der Waals surface area contributed by atoms with Crippen LogP contribution in [0.15, 0.2) is 57.9 Å². The average Bonchev–Trinajstić information content (AvgIpc) is 2.61. The van der Waals surface area contributed by atoms with E-state index in [1.54, 1.807) is 36.4 Å². The number of methoxy groups -OCH3 is 1. The molecule has 8 heteroatoms. The molecule has 0 amide bonds. The lowest BCUT2D eigenvalue weighted by molar-refractivity contribution is -0.138. The molecule has 0 aromatic heterocycles. The van der Waals surface area contributed by atoms with Crippen LogP contribution >= 0.6 is 15.9 Å². The minimum absolute atomic E-state index is 0.0562. The van der Waals surface area contributed by atoms with Crippen molar-refractivity contribution in [3.05, 3.63) is 58.6 Å². The highest BCUT2D eigenvalue weighted by Gasteiger charge is 2.27. The fraction of sp³-hybridized carbons (Fsp3) is 0.176. The van der Waals surface area contributed by atoms with Gasteiger partial charge in [0.05, 0.1) is 30.2 Å². The Hall–Kier alpha value is -2.37. The molecular formula is C17H15BrN2O4S. The normalized spacial score (nSPS) is 10.8. The minimum atomic E-state index is -3.95. The summed E-state index contributed by atoms with van der Waals surface area (Å²) in [6, 6.07) is 14.6. The van der Waals surface area contributed by atoms with Crippen molar-refractivity contribution in [3.8, 4) is 6.07 Å². The van der Waals surface area contributed by atoms with Gasteiger partial charge in [-0.3, -0.25) is 9.10 Å². The van der Waals surface area contributed by atoms with Gasteiger partial charge in [-0.2, -0.15) is 5.26 Å². The van der Waals surface area contributed by atoms with Gasteiger partial charge in [-0.15, -0.1) is 0 Å². The molecule has 0 aliphatic heterocycles. The zero-order chi connectivity index (χ0) is 18.4. The van der Waals surface area contributed by atoms with Crippen LogP contribution in [0.3, 0.4) is 0 Å². The summed E-state index contributed by atoms with van der Waals surface area (Å²) in [7, 11) is -2.76. The summed E-state index contributed by atoms with van der Waals surface area (Å²) in [6.07, 6.45) is 0.219. The van der Waals surface area contributed by atoms with Crippen molar-refractivity contribution in [2.24, 2.45) is 0 Å². The van der Waals surface area contributed by atoms with Crippen molar-refractivity contribution in [2.45, 2.75) is 11.3 Å². The molecule has 0 saturated carbocycles. The smallest absolute Gasteiger partial charge is 0.326 e. The number of sulfonamides is 1. The maximum atomic E-state index is 13.0. The molecule has 2 aromatic carbocycles. The van der Waals surface area contributed by atoms with E-state index in [0.717, 1.165) is 14.3 Å². The Morgan fingerprint density at radius 3 is 2.28 bits per heavy atom. The van der Waals surface area contributed by atoms with Gasteiger partial charge < -0.3 is 4.74 Å². The number of rotatable bonds is 6. The van der Waals surface area contributed by atoms with Crippen LogP contribution in [0.1, 0.15) is 5.56 Å². The van der Waals surface area contributed by atoms with E-state index in [2.05, 4.69) is 20.7 Å². The Labute approximate surface area is 154 Å². The monoisotopic (exact) mass is 422 g/mol. The van der Waals surface area contributed by atoms with E-state index >= 15 is 0 Å². The summed E-state index contributed by atoms with van der Waals surface area (Å²) in [4.78, 5) is 11.8. The van der Waals surface area contributed by atoms with Crippen LogP contribution in [-0.2, 0) is 26.0 Å². The second kappa shape index (κ2) is 8.14. The number of anilines is 1. The Balaban J connectivity index is 2.46. The number of carbonyl (C=O) groups excluding carboxylic acids is 1. The third-order valence-electron chi connectivity index (χ3n) is 3.41. The molecule has 130 valence electrons. The number of nitrogens with zero attached hydrogens (tertiary/aromatic N) is 2. The maximum Gasteiger partial charge on any atom is 0.326 e. The van der Waals surface area contributed by atoms with E-state index in [1.165, 1.54) is 19.2 Å². The molecule has 25 heavy (non-hydrogen) atoms. The lowest BCUT2D eigenvalue weighted by atomic mass is 10.1. The first-order chi connectivity index (χ1) is 11.9. The highest BCUT2D eigenvalue weighted by Crippen LogP contribution is 2.25. The zero-order valence-electron chi connectivity index (χ0n) is 13.3. The molecule has 0 heterocycles. The molecule has 0 radical (unpaired) electrons. The number of benzene rings is 2. The summed E-state index contributed by atoms with van der Waals surface area (Å²) in [5.41, 5.74) is 1.07. The van der Waals surface area contributed by atoms with Crippen LogP contribution in [0, 0.1) is 11.3 Å². The van der Waals surface area contributed by atoms with Crippen molar-refractivity contribution in [1.29, 1.82) is 5.26 Å². The molecule has 0 aliphatic carbocycles. The standard InChI is InChI=1S/C17H15BrN2O4S/c1-24-17(21)12-20(15-6-2-13(3-7-15)10-11-19)25(22,23)16-8-4-14(18)5-9-16/h2-9H,10,12H2,1H3. The Morgan fingerprint density at radius 2 is 1.76 bits per heavy atom. The molecule has 2 rings (SSSR count). The second-order valence-electron chi connectivity index (χ2n) is 5.04. The predicted molar refractivity (Wildman–Crippen MR) is 96.4 cm³/mol. The van der Waals surface area contributed by atoms with Crippen LogP contribution in [0.2, 0.25) is 0 Å². The van der Waals surface area contributed by atoms with E-state index in [0.29, 0.717) is 5.69 Å². The maximum absolute atomic E-state index is 13.0. The summed E-state index contributed by atoms with van der Waals surface area (Å²) >= 11 is 3.26. The number of ether oxygens (including phenoxy) is 1. The Morgan fingerprint density at radius 1 is 1.16 bits per heavy atom. The number of halogens is 1. The molecule has 6 nitrogen and oxygen atoms in total. The lowest BCUT2D eigenvalue weighted by Crippen LogP contribution is -2.36.